The van der Waals surface area contributed by atoms with Gasteiger partial charge in [-0.2, -0.15) is 0 Å². The van der Waals surface area contributed by atoms with Crippen LogP contribution in [0.5, 0.6) is 0 Å². The molecule has 1 fully saturated rings. The molecule has 0 radical (unpaired) electrons. The highest BCUT2D eigenvalue weighted by Crippen LogP contribution is 2.22. The third-order valence-electron chi connectivity index (χ3n) is 3.79. The van der Waals surface area contributed by atoms with Crippen molar-refractivity contribution < 1.29 is 14.1 Å². The van der Waals surface area contributed by atoms with Gasteiger partial charge in [-0.3, -0.25) is 4.79 Å². The van der Waals surface area contributed by atoms with E-state index in [1.54, 1.807) is 6.92 Å². The van der Waals surface area contributed by atoms with Crippen LogP contribution in [0.15, 0.2) is 10.7 Å². The van der Waals surface area contributed by atoms with E-state index >= 15 is 0 Å². The van der Waals surface area contributed by atoms with Crippen molar-refractivity contribution in [1.82, 2.24) is 15.1 Å². The van der Waals surface area contributed by atoms with Crippen LogP contribution in [-0.2, 0) is 4.74 Å². The summed E-state index contributed by atoms with van der Waals surface area (Å²) < 4.78 is 10.3. The Morgan fingerprint density at radius 3 is 2.39 bits per heavy atom. The third-order valence-corrected chi connectivity index (χ3v) is 3.79. The van der Waals surface area contributed by atoms with Gasteiger partial charge in [0, 0.05) is 13.1 Å². The van der Waals surface area contributed by atoms with Crippen molar-refractivity contribution in [2.45, 2.75) is 20.8 Å². The van der Waals surface area contributed by atoms with Crippen molar-refractivity contribution in [1.29, 1.82) is 0 Å². The number of carbonyl (C=O) groups is 1. The van der Waals surface area contributed by atoms with Gasteiger partial charge in [-0.25, -0.2) is 9.97 Å². The second-order valence-corrected chi connectivity index (χ2v) is 5.42. The van der Waals surface area contributed by atoms with Crippen LogP contribution in [0.1, 0.15) is 27.5 Å². The van der Waals surface area contributed by atoms with Crippen molar-refractivity contribution in [2.24, 2.45) is 0 Å². The molecular weight excluding hydrogens is 298 g/mol. The summed E-state index contributed by atoms with van der Waals surface area (Å²) in [5.41, 5.74) is 2.47. The molecule has 0 aliphatic carbocycles. The molecule has 8 heteroatoms. The van der Waals surface area contributed by atoms with Crippen LogP contribution in [0.4, 0.5) is 11.6 Å². The fourth-order valence-corrected chi connectivity index (χ4v) is 2.48. The average Bonchev–Trinajstić information content (AvgIpc) is 2.97. The van der Waals surface area contributed by atoms with Crippen molar-refractivity contribution >= 4 is 17.5 Å². The fourth-order valence-electron chi connectivity index (χ4n) is 2.48. The molecule has 8 nitrogen and oxygen atoms in total. The quantitative estimate of drug-likeness (QED) is 0.916. The number of anilines is 2. The highest BCUT2D eigenvalue weighted by Gasteiger charge is 2.19. The van der Waals surface area contributed by atoms with E-state index in [1.807, 2.05) is 13.8 Å². The van der Waals surface area contributed by atoms with E-state index in [0.717, 1.165) is 24.5 Å². The molecule has 1 N–H and O–H groups in total. The molecule has 1 saturated heterocycles. The number of nitrogens with one attached hydrogen (secondary N) is 1. The highest BCUT2D eigenvalue weighted by atomic mass is 16.5. The van der Waals surface area contributed by atoms with E-state index in [4.69, 9.17) is 9.26 Å². The minimum atomic E-state index is -0.280. The summed E-state index contributed by atoms with van der Waals surface area (Å²) in [4.78, 5) is 23.4. The van der Waals surface area contributed by atoms with Crippen LogP contribution in [0.3, 0.4) is 0 Å². The molecule has 3 heterocycles. The van der Waals surface area contributed by atoms with Gasteiger partial charge in [0.1, 0.15) is 11.3 Å². The number of hydrogen-bond donors (Lipinski definition) is 1. The van der Waals surface area contributed by atoms with Crippen LogP contribution in [0, 0.1) is 20.8 Å². The van der Waals surface area contributed by atoms with Crippen molar-refractivity contribution in [2.75, 3.05) is 36.5 Å². The number of aromatic nitrogens is 3. The van der Waals surface area contributed by atoms with Gasteiger partial charge in [0.05, 0.1) is 36.5 Å². The summed E-state index contributed by atoms with van der Waals surface area (Å²) >= 11 is 0. The summed E-state index contributed by atoms with van der Waals surface area (Å²) in [6.45, 7) is 8.29. The third kappa shape index (κ3) is 3.16. The topological polar surface area (TPSA) is 93.4 Å². The summed E-state index contributed by atoms with van der Waals surface area (Å²) in [6.07, 6.45) is 1.40. The largest absolute Gasteiger partial charge is 0.378 e. The predicted octanol–water partition coefficient (Wildman–Crippen LogP) is 1.48. The number of hydrogen-bond acceptors (Lipinski definition) is 7. The fraction of sp³-hybridized carbons (Fsp3) is 0.467. The standard InChI is InChI=1S/C15H19N5O3/c1-9-13(19-14(21)12-8-16-23-11(12)3)10(2)18-15(17-9)20-4-6-22-7-5-20/h8H,4-7H2,1-3H3,(H,19,21). The number of carbonyl (C=O) groups excluding carboxylic acids is 1. The minimum absolute atomic E-state index is 0.280. The number of aryl methyl sites for hydroxylation is 3. The lowest BCUT2D eigenvalue weighted by molar-refractivity contribution is 0.102. The molecular formula is C15H19N5O3. The lowest BCUT2D eigenvalue weighted by Gasteiger charge is -2.27. The Balaban J connectivity index is 1.83. The van der Waals surface area contributed by atoms with Crippen LogP contribution in [0.2, 0.25) is 0 Å². The monoisotopic (exact) mass is 317 g/mol. The molecule has 0 saturated carbocycles. The van der Waals surface area contributed by atoms with E-state index < -0.39 is 0 Å². The SMILES string of the molecule is Cc1nc(N2CCOCC2)nc(C)c1NC(=O)c1cnoc1C. The van der Waals surface area contributed by atoms with Crippen LogP contribution in [0.25, 0.3) is 0 Å². The molecule has 0 spiro atoms. The minimum Gasteiger partial charge on any atom is -0.378 e. The van der Waals surface area contributed by atoms with E-state index in [2.05, 4.69) is 25.3 Å². The second kappa shape index (κ2) is 6.33. The first-order valence-electron chi connectivity index (χ1n) is 7.47. The summed E-state index contributed by atoms with van der Waals surface area (Å²) in [5.74, 6) is 0.865. The Bertz CT molecular complexity index is 699. The Morgan fingerprint density at radius 1 is 1.17 bits per heavy atom. The van der Waals surface area contributed by atoms with Gasteiger partial charge in [-0.15, -0.1) is 0 Å². The maximum Gasteiger partial charge on any atom is 0.260 e. The van der Waals surface area contributed by atoms with Gasteiger partial charge in [-0.05, 0) is 20.8 Å². The van der Waals surface area contributed by atoms with E-state index in [1.165, 1.54) is 6.20 Å². The molecule has 3 rings (SSSR count). The first-order valence-corrected chi connectivity index (χ1v) is 7.47. The number of rotatable bonds is 3. The lowest BCUT2D eigenvalue weighted by atomic mass is 10.2. The zero-order valence-electron chi connectivity index (χ0n) is 13.4. The molecule has 0 atom stereocenters. The molecule has 0 unspecified atom stereocenters. The zero-order chi connectivity index (χ0) is 16.4. The van der Waals surface area contributed by atoms with Gasteiger partial charge in [-0.1, -0.05) is 5.16 Å². The smallest absolute Gasteiger partial charge is 0.260 e. The summed E-state index contributed by atoms with van der Waals surface area (Å²) in [5, 5.41) is 6.46. The van der Waals surface area contributed by atoms with Crippen LogP contribution < -0.4 is 10.2 Å². The van der Waals surface area contributed by atoms with E-state index in [9.17, 15) is 4.79 Å². The first kappa shape index (κ1) is 15.4. The molecule has 2 aromatic rings. The van der Waals surface area contributed by atoms with Crippen molar-refractivity contribution in [3.63, 3.8) is 0 Å². The Labute approximate surface area is 133 Å². The van der Waals surface area contributed by atoms with Gasteiger partial charge >= 0.3 is 0 Å². The van der Waals surface area contributed by atoms with E-state index in [0.29, 0.717) is 36.2 Å². The van der Waals surface area contributed by atoms with Gasteiger partial charge < -0.3 is 19.5 Å². The van der Waals surface area contributed by atoms with Gasteiger partial charge in [0.15, 0.2) is 0 Å². The Kier molecular flexibility index (Phi) is 4.24. The lowest BCUT2D eigenvalue weighted by Crippen LogP contribution is -2.37. The maximum atomic E-state index is 12.3. The summed E-state index contributed by atoms with van der Waals surface area (Å²) in [7, 11) is 0. The molecule has 0 aromatic carbocycles. The molecule has 1 amide bonds. The molecule has 0 bridgehead atoms. The number of nitrogens with zero attached hydrogens (tertiary/aromatic N) is 4. The molecule has 1 aliphatic heterocycles. The zero-order valence-corrected chi connectivity index (χ0v) is 13.4. The second-order valence-electron chi connectivity index (χ2n) is 5.42. The van der Waals surface area contributed by atoms with Crippen molar-refractivity contribution in [3.8, 4) is 0 Å². The maximum absolute atomic E-state index is 12.3. The average molecular weight is 317 g/mol. The van der Waals surface area contributed by atoms with E-state index in [-0.39, 0.29) is 5.91 Å². The molecule has 2 aromatic heterocycles. The molecule has 122 valence electrons. The predicted molar refractivity (Wildman–Crippen MR) is 83.7 cm³/mol. The number of ether oxygens (including phenoxy) is 1. The van der Waals surface area contributed by atoms with Crippen LogP contribution >= 0.6 is 0 Å². The summed E-state index contributed by atoms with van der Waals surface area (Å²) in [6, 6.07) is 0. The Morgan fingerprint density at radius 2 is 1.83 bits per heavy atom. The normalized spacial score (nSPS) is 14.8. The van der Waals surface area contributed by atoms with Gasteiger partial charge in [0.25, 0.3) is 5.91 Å². The molecule has 23 heavy (non-hydrogen) atoms. The van der Waals surface area contributed by atoms with Crippen LogP contribution in [-0.4, -0.2) is 47.3 Å². The molecule has 1 aliphatic rings. The number of morpholine rings is 1. The number of amides is 1. The van der Waals surface area contributed by atoms with Gasteiger partial charge in [0.2, 0.25) is 5.95 Å². The highest BCUT2D eigenvalue weighted by molar-refractivity contribution is 6.05. The van der Waals surface area contributed by atoms with Crippen molar-refractivity contribution in [3.05, 3.63) is 28.9 Å². The first-order chi connectivity index (χ1) is 11.1. The Hall–Kier alpha value is -2.48.